The molecule has 0 fully saturated rings. The number of cyclic esters (lactones) is 1. The lowest BCUT2D eigenvalue weighted by atomic mass is 9.81. The predicted molar refractivity (Wildman–Crippen MR) is 264 cm³/mol. The Kier molecular flexibility index (Phi) is 16.5. The van der Waals surface area contributed by atoms with Crippen molar-refractivity contribution in [3.63, 3.8) is 0 Å². The molecule has 5 heterocycles. The molecule has 8 amide bonds. The second-order valence-corrected chi connectivity index (χ2v) is 18.6. The third-order valence-corrected chi connectivity index (χ3v) is 13.9. The lowest BCUT2D eigenvalue weighted by Gasteiger charge is -2.32. The van der Waals surface area contributed by atoms with Gasteiger partial charge in [0.15, 0.2) is 5.60 Å². The molecular formula is C51H54FN9O13S. The van der Waals surface area contributed by atoms with E-state index in [0.717, 1.165) is 33.7 Å². The largest absolute Gasteiger partial charge is 0.458 e. The van der Waals surface area contributed by atoms with Crippen LogP contribution >= 0.6 is 12.2 Å². The van der Waals surface area contributed by atoms with E-state index in [1.54, 1.807) is 50.2 Å². The lowest BCUT2D eigenvalue weighted by Crippen LogP contribution is -2.52. The Morgan fingerprint density at radius 1 is 0.893 bits per heavy atom. The van der Waals surface area contributed by atoms with Crippen LogP contribution < -0.4 is 31.9 Å². The molecule has 0 spiro atoms. The number of hydrogen-bond acceptors (Lipinski definition) is 15. The van der Waals surface area contributed by atoms with Crippen LogP contribution in [0.3, 0.4) is 0 Å². The van der Waals surface area contributed by atoms with E-state index in [1.165, 1.54) is 6.07 Å². The molecule has 4 aromatic rings. The van der Waals surface area contributed by atoms with Gasteiger partial charge in [-0.25, -0.2) is 14.2 Å². The molecule has 3 aliphatic heterocycles. The number of benzene rings is 2. The van der Waals surface area contributed by atoms with Gasteiger partial charge in [0.2, 0.25) is 35.4 Å². The third-order valence-electron chi connectivity index (χ3n) is 13.4. The SMILES string of the molecule is CC[C@@]1(O)C(=O)OCc2c1cc1n(c2=S)Cc2c-1nc1cc(F)c(C)c3c1c2[C@@H](NC(=O)COCNC(=O)CNC(=O)[C@H](Cc1ccccc1)NC(=O)CNC(=O)CNC(=O)CCOCCN1C(=O)C=CC1=O)CC3. The summed E-state index contributed by atoms with van der Waals surface area (Å²) in [4.78, 5) is 119. The van der Waals surface area contributed by atoms with Crippen LogP contribution in [-0.2, 0) is 89.0 Å². The number of pyridine rings is 2. The second-order valence-electron chi connectivity index (χ2n) is 18.2. The van der Waals surface area contributed by atoms with Crippen LogP contribution in [0.5, 0.6) is 0 Å². The minimum atomic E-state index is -1.92. The number of carbonyl (C=O) groups excluding carboxylic acids is 9. The van der Waals surface area contributed by atoms with Crippen molar-refractivity contribution in [2.24, 2.45) is 0 Å². The van der Waals surface area contributed by atoms with Crippen molar-refractivity contribution < 1.29 is 66.9 Å². The maximum absolute atomic E-state index is 15.4. The fourth-order valence-corrected chi connectivity index (χ4v) is 9.78. The Morgan fingerprint density at radius 2 is 1.60 bits per heavy atom. The van der Waals surface area contributed by atoms with E-state index in [1.807, 2.05) is 4.57 Å². The smallest absolute Gasteiger partial charge is 0.343 e. The first-order valence-corrected chi connectivity index (χ1v) is 24.6. The molecule has 75 heavy (non-hydrogen) atoms. The molecule has 8 rings (SSSR count). The molecule has 4 aliphatic rings. The number of rotatable bonds is 22. The number of nitrogens with one attached hydrogen (secondary N) is 6. The summed E-state index contributed by atoms with van der Waals surface area (Å²) in [6.07, 6.45) is 3.12. The first kappa shape index (κ1) is 53.5. The van der Waals surface area contributed by atoms with Gasteiger partial charge in [0.05, 0.1) is 68.9 Å². The second kappa shape index (κ2) is 23.2. The van der Waals surface area contributed by atoms with E-state index in [2.05, 4.69) is 31.9 Å². The standard InChI is InChI=1S/C51H54FN9O13S/c1-3-51(71)32-18-37-47-30(23-61(37)49(75)31(32)24-74-50(51)70)46-34(10-9-29-27(2)33(52)19-35(59-47)45(29)46)57-42(66)25-73-26-56-40(64)21-55-48(69)36(17-28-7-5-4-6-8-28)58-41(65)22-54-39(63)20-53-38(62)13-15-72-16-14-60-43(67)11-12-44(60)68/h4-8,11-12,18-19,34,36,71H,3,9-10,13-17,20-26H2,1-2H3,(H,53,62)(H,54,63)(H,55,69)(H,56,64)(H,57,66)(H,58,65)/t34-,36-,51-/m0/s1. The van der Waals surface area contributed by atoms with Gasteiger partial charge >= 0.3 is 5.97 Å². The van der Waals surface area contributed by atoms with E-state index >= 15 is 4.39 Å². The number of aryl methyl sites for hydroxylation is 1. The molecule has 22 nitrogen and oxygen atoms in total. The van der Waals surface area contributed by atoms with Crippen LogP contribution in [0.15, 0.2) is 54.6 Å². The number of imide groups is 1. The molecule has 0 radical (unpaired) electrons. The number of ether oxygens (including phenoxy) is 3. The average Bonchev–Trinajstić information content (AvgIpc) is 3.98. The van der Waals surface area contributed by atoms with Gasteiger partial charge in [0.1, 0.15) is 36.4 Å². The minimum absolute atomic E-state index is 0.0222. The van der Waals surface area contributed by atoms with E-state index in [4.69, 9.17) is 31.4 Å². The summed E-state index contributed by atoms with van der Waals surface area (Å²) in [6.45, 7) is 1.14. The van der Waals surface area contributed by atoms with Crippen molar-refractivity contribution in [3.05, 3.63) is 104 Å². The van der Waals surface area contributed by atoms with E-state index in [-0.39, 0.29) is 52.2 Å². The molecule has 0 saturated carbocycles. The number of fused-ring (bicyclic) bond motifs is 5. The molecule has 394 valence electrons. The fraction of sp³-hybridized carbons (Fsp3) is 0.392. The van der Waals surface area contributed by atoms with Gasteiger partial charge in [0, 0.05) is 53.1 Å². The highest BCUT2D eigenvalue weighted by molar-refractivity contribution is 7.71. The van der Waals surface area contributed by atoms with Crippen LogP contribution in [0.2, 0.25) is 0 Å². The average molecular weight is 1050 g/mol. The number of hydrogen-bond donors (Lipinski definition) is 7. The molecule has 7 N–H and O–H groups in total. The Labute approximate surface area is 433 Å². The van der Waals surface area contributed by atoms with Crippen molar-refractivity contribution in [1.82, 2.24) is 46.4 Å². The molecule has 3 atom stereocenters. The van der Waals surface area contributed by atoms with Gasteiger partial charge in [-0.3, -0.25) is 43.3 Å². The van der Waals surface area contributed by atoms with E-state index < -0.39 is 110 Å². The fourth-order valence-electron chi connectivity index (χ4n) is 9.45. The number of esters is 1. The number of aliphatic hydroxyl groups is 1. The zero-order valence-corrected chi connectivity index (χ0v) is 41.7. The zero-order valence-electron chi connectivity index (χ0n) is 40.9. The first-order chi connectivity index (χ1) is 36.0. The summed E-state index contributed by atoms with van der Waals surface area (Å²) in [5, 5.41) is 27.5. The van der Waals surface area contributed by atoms with Crippen LogP contribution in [0.1, 0.15) is 71.2 Å². The quantitative estimate of drug-likeness (QED) is 0.0163. The van der Waals surface area contributed by atoms with Crippen LogP contribution in [0.25, 0.3) is 22.3 Å². The van der Waals surface area contributed by atoms with Crippen molar-refractivity contribution in [1.29, 1.82) is 0 Å². The molecule has 2 aromatic carbocycles. The lowest BCUT2D eigenvalue weighted by molar-refractivity contribution is -0.172. The van der Waals surface area contributed by atoms with Crippen molar-refractivity contribution in [2.75, 3.05) is 52.7 Å². The first-order valence-electron chi connectivity index (χ1n) is 24.2. The Morgan fingerprint density at radius 3 is 2.35 bits per heavy atom. The summed E-state index contributed by atoms with van der Waals surface area (Å²) in [7, 11) is 0. The Balaban J connectivity index is 0.805. The van der Waals surface area contributed by atoms with Crippen molar-refractivity contribution >= 4 is 76.3 Å². The summed E-state index contributed by atoms with van der Waals surface area (Å²) in [6, 6.07) is 10.1. The van der Waals surface area contributed by atoms with E-state index in [9.17, 15) is 48.3 Å². The molecule has 1 aliphatic carbocycles. The highest BCUT2D eigenvalue weighted by Gasteiger charge is 2.45. The number of nitrogens with zero attached hydrogens (tertiary/aromatic N) is 3. The molecule has 0 saturated heterocycles. The normalized spacial score (nSPS) is 17.4. The summed E-state index contributed by atoms with van der Waals surface area (Å²) < 4.78 is 33.7. The number of carbonyl (C=O) groups is 9. The van der Waals surface area contributed by atoms with Crippen molar-refractivity contribution in [3.8, 4) is 11.4 Å². The maximum Gasteiger partial charge on any atom is 0.343 e. The number of halogens is 1. The Bertz CT molecular complexity index is 3090. The van der Waals surface area contributed by atoms with E-state index in [0.29, 0.717) is 62.0 Å². The molecule has 0 unspecified atom stereocenters. The molecular weight excluding hydrogens is 998 g/mol. The summed E-state index contributed by atoms with van der Waals surface area (Å²) in [5.74, 6) is -5.94. The van der Waals surface area contributed by atoms with Gasteiger partial charge in [-0.2, -0.15) is 0 Å². The summed E-state index contributed by atoms with van der Waals surface area (Å²) >= 11 is 5.91. The highest BCUT2D eigenvalue weighted by Crippen LogP contribution is 2.47. The maximum atomic E-state index is 15.4. The van der Waals surface area contributed by atoms with Gasteiger partial charge in [-0.05, 0) is 54.5 Å². The van der Waals surface area contributed by atoms with Crippen LogP contribution in [-0.4, -0.2) is 132 Å². The van der Waals surface area contributed by atoms with Gasteiger partial charge in [-0.15, -0.1) is 0 Å². The highest BCUT2D eigenvalue weighted by atomic mass is 32.1. The van der Waals surface area contributed by atoms with Crippen LogP contribution in [0.4, 0.5) is 4.39 Å². The van der Waals surface area contributed by atoms with Gasteiger partial charge < -0.3 is 55.8 Å². The molecule has 0 bridgehead atoms. The topological polar surface area (TPSA) is 295 Å². The zero-order chi connectivity index (χ0) is 53.6. The van der Waals surface area contributed by atoms with Crippen molar-refractivity contribution in [2.45, 2.75) is 76.8 Å². The van der Waals surface area contributed by atoms with Gasteiger partial charge in [0.25, 0.3) is 11.8 Å². The number of amides is 8. The monoisotopic (exact) mass is 1050 g/mol. The Hall–Kier alpha value is -7.80. The predicted octanol–water partition coefficient (Wildman–Crippen LogP) is 0.498. The molecule has 24 heteroatoms. The van der Waals surface area contributed by atoms with Crippen LogP contribution in [0, 0.1) is 17.4 Å². The van der Waals surface area contributed by atoms with Gasteiger partial charge in [-0.1, -0.05) is 49.5 Å². The third kappa shape index (κ3) is 11.8. The molecule has 2 aromatic heterocycles. The summed E-state index contributed by atoms with van der Waals surface area (Å²) in [5.41, 5.74) is 3.72. The minimum Gasteiger partial charge on any atom is -0.458 e. The number of aromatic nitrogens is 2.